The van der Waals surface area contributed by atoms with Crippen LogP contribution in [-0.4, -0.2) is 10.7 Å². The van der Waals surface area contributed by atoms with E-state index in [0.717, 1.165) is 0 Å². The van der Waals surface area contributed by atoms with E-state index in [1.807, 2.05) is 0 Å². The van der Waals surface area contributed by atoms with Crippen LogP contribution in [0.1, 0.15) is 71.6 Å². The van der Waals surface area contributed by atoms with Gasteiger partial charge in [0.05, 0.1) is 0 Å². The lowest BCUT2D eigenvalue weighted by Crippen LogP contribution is -1.76. The monoisotopic (exact) mass is 342 g/mol. The van der Waals surface area contributed by atoms with Crippen LogP contribution in [0.25, 0.3) is 0 Å². The lowest BCUT2D eigenvalue weighted by molar-refractivity contribution is 0.660. The summed E-state index contributed by atoms with van der Waals surface area (Å²) in [6, 6.07) is 0. The summed E-state index contributed by atoms with van der Waals surface area (Å²) in [4.78, 5) is 0. The van der Waals surface area contributed by atoms with Gasteiger partial charge in [0.15, 0.2) is 0 Å². The Morgan fingerprint density at radius 1 is 0.533 bits per heavy atom. The van der Waals surface area contributed by atoms with E-state index in [2.05, 4.69) is 45.7 Å². The fraction of sp³-hybridized carbons (Fsp3) is 1.00. The van der Waals surface area contributed by atoms with E-state index >= 15 is 0 Å². The van der Waals surface area contributed by atoms with Crippen LogP contribution in [0.15, 0.2) is 0 Å². The number of alkyl halides is 2. The fourth-order valence-corrected chi connectivity index (χ4v) is 2.01. The molecule has 0 aliphatic rings. The molecule has 94 valence electrons. The third-order valence-electron chi connectivity index (χ3n) is 2.22. The van der Waals surface area contributed by atoms with Crippen LogP contribution >= 0.6 is 31.9 Å². The van der Waals surface area contributed by atoms with Crippen molar-refractivity contribution in [2.45, 2.75) is 71.6 Å². The van der Waals surface area contributed by atoms with Gasteiger partial charge in [0, 0.05) is 10.7 Å². The zero-order valence-corrected chi connectivity index (χ0v) is 13.7. The molecule has 0 unspecified atom stereocenters. The molecule has 0 aliphatic carbocycles. The molecule has 0 bridgehead atoms. The molecule has 0 saturated heterocycles. The predicted octanol–water partition coefficient (Wildman–Crippen LogP) is 6.31. The van der Waals surface area contributed by atoms with Crippen molar-refractivity contribution in [2.24, 2.45) is 0 Å². The van der Waals surface area contributed by atoms with Crippen molar-refractivity contribution in [3.05, 3.63) is 0 Å². The minimum Gasteiger partial charge on any atom is -0.0928 e. The average molecular weight is 344 g/mol. The van der Waals surface area contributed by atoms with Gasteiger partial charge in [0.25, 0.3) is 0 Å². The maximum atomic E-state index is 3.40. The Bertz CT molecular complexity index is 74.6. The second-order valence-corrected chi connectivity index (χ2v) is 5.44. The van der Waals surface area contributed by atoms with E-state index in [1.165, 1.54) is 68.4 Å². The summed E-state index contributed by atoms with van der Waals surface area (Å²) in [7, 11) is 0. The molecule has 0 N–H and O–H groups in total. The standard InChI is InChI=1S/C7H15Br.C6H13Br/c1-2-3-4-5-6-7-8;1-2-3-4-5-6-7/h2-7H2,1H3;2-6H2,1H3. The number of rotatable bonds is 9. The van der Waals surface area contributed by atoms with Crippen LogP contribution in [0.4, 0.5) is 0 Å². The van der Waals surface area contributed by atoms with Crippen molar-refractivity contribution in [2.75, 3.05) is 10.7 Å². The molecule has 0 fully saturated rings. The van der Waals surface area contributed by atoms with Gasteiger partial charge in [-0.3, -0.25) is 0 Å². The first-order chi connectivity index (χ1) is 7.33. The summed E-state index contributed by atoms with van der Waals surface area (Å²) in [5, 5.41) is 2.35. The first-order valence-corrected chi connectivity index (χ1v) is 8.69. The van der Waals surface area contributed by atoms with Gasteiger partial charge in [0.2, 0.25) is 0 Å². The molecule has 15 heavy (non-hydrogen) atoms. The van der Waals surface area contributed by atoms with Crippen LogP contribution in [-0.2, 0) is 0 Å². The molecular formula is C13H28Br2. The van der Waals surface area contributed by atoms with Crippen molar-refractivity contribution in [1.82, 2.24) is 0 Å². The summed E-state index contributed by atoms with van der Waals surface area (Å²) in [6.07, 6.45) is 12.4. The Labute approximate surface area is 114 Å². The molecule has 2 heteroatoms. The van der Waals surface area contributed by atoms with Crippen molar-refractivity contribution in [3.63, 3.8) is 0 Å². The zero-order chi connectivity index (χ0) is 11.8. The highest BCUT2D eigenvalue weighted by Crippen LogP contribution is 2.03. The van der Waals surface area contributed by atoms with Crippen LogP contribution in [0, 0.1) is 0 Å². The van der Waals surface area contributed by atoms with E-state index in [0.29, 0.717) is 0 Å². The third kappa shape index (κ3) is 25.3. The first-order valence-electron chi connectivity index (χ1n) is 6.45. The lowest BCUT2D eigenvalue weighted by atomic mass is 10.2. The van der Waals surface area contributed by atoms with E-state index in [-0.39, 0.29) is 0 Å². The van der Waals surface area contributed by atoms with E-state index in [4.69, 9.17) is 0 Å². The van der Waals surface area contributed by atoms with Gasteiger partial charge in [-0.2, -0.15) is 0 Å². The number of hydrogen-bond acceptors (Lipinski definition) is 0. The minimum atomic E-state index is 1.17. The van der Waals surface area contributed by atoms with Gasteiger partial charge in [-0.1, -0.05) is 90.7 Å². The summed E-state index contributed by atoms with van der Waals surface area (Å²) in [5.74, 6) is 0. The van der Waals surface area contributed by atoms with Gasteiger partial charge < -0.3 is 0 Å². The average Bonchev–Trinajstić information content (AvgIpc) is 2.26. The van der Waals surface area contributed by atoms with Crippen LogP contribution in [0.3, 0.4) is 0 Å². The van der Waals surface area contributed by atoms with Crippen molar-refractivity contribution >= 4 is 31.9 Å². The highest BCUT2D eigenvalue weighted by atomic mass is 79.9. The molecule has 0 radical (unpaired) electrons. The predicted molar refractivity (Wildman–Crippen MR) is 80.5 cm³/mol. The molecule has 0 atom stereocenters. The van der Waals surface area contributed by atoms with Crippen molar-refractivity contribution in [3.8, 4) is 0 Å². The summed E-state index contributed by atoms with van der Waals surface area (Å²) >= 11 is 6.78. The third-order valence-corrected chi connectivity index (χ3v) is 3.35. The molecule has 0 heterocycles. The molecule has 0 aromatic carbocycles. The van der Waals surface area contributed by atoms with E-state index < -0.39 is 0 Å². The maximum Gasteiger partial charge on any atom is 0.00313 e. The molecule has 0 aliphatic heterocycles. The largest absolute Gasteiger partial charge is 0.0928 e. The molecule has 0 amide bonds. The Hall–Kier alpha value is 0.960. The smallest absolute Gasteiger partial charge is 0.00313 e. The topological polar surface area (TPSA) is 0 Å². The van der Waals surface area contributed by atoms with E-state index in [1.54, 1.807) is 0 Å². The van der Waals surface area contributed by atoms with Gasteiger partial charge in [-0.15, -0.1) is 0 Å². The van der Waals surface area contributed by atoms with Crippen molar-refractivity contribution < 1.29 is 0 Å². The zero-order valence-electron chi connectivity index (χ0n) is 10.5. The second-order valence-electron chi connectivity index (χ2n) is 3.85. The summed E-state index contributed by atoms with van der Waals surface area (Å²) in [5.41, 5.74) is 0. The van der Waals surface area contributed by atoms with Gasteiger partial charge in [-0.05, 0) is 12.8 Å². The van der Waals surface area contributed by atoms with Gasteiger partial charge >= 0.3 is 0 Å². The molecule has 0 spiro atoms. The van der Waals surface area contributed by atoms with Crippen LogP contribution < -0.4 is 0 Å². The highest BCUT2D eigenvalue weighted by Gasteiger charge is 1.84. The van der Waals surface area contributed by atoms with Gasteiger partial charge in [-0.25, -0.2) is 0 Å². The molecule has 0 nitrogen and oxygen atoms in total. The fourth-order valence-electron chi connectivity index (χ4n) is 1.22. The number of halogens is 2. The molecule has 0 saturated carbocycles. The highest BCUT2D eigenvalue weighted by molar-refractivity contribution is 9.09. The van der Waals surface area contributed by atoms with E-state index in [9.17, 15) is 0 Å². The summed E-state index contributed by atoms with van der Waals surface area (Å²) < 4.78 is 0. The molecule has 0 rings (SSSR count). The Balaban J connectivity index is 0. The Morgan fingerprint density at radius 3 is 1.20 bits per heavy atom. The molecule has 0 aromatic heterocycles. The van der Waals surface area contributed by atoms with Gasteiger partial charge in [0.1, 0.15) is 0 Å². The van der Waals surface area contributed by atoms with Crippen LogP contribution in [0.2, 0.25) is 0 Å². The first kappa shape index (κ1) is 18.3. The second kappa shape index (κ2) is 20.4. The van der Waals surface area contributed by atoms with Crippen LogP contribution in [0.5, 0.6) is 0 Å². The maximum absolute atomic E-state index is 3.40. The minimum absolute atomic E-state index is 1.17. The normalized spacial score (nSPS) is 9.60. The summed E-state index contributed by atoms with van der Waals surface area (Å²) in [6.45, 7) is 4.47. The number of unbranched alkanes of at least 4 members (excludes halogenated alkanes) is 7. The lowest BCUT2D eigenvalue weighted by Gasteiger charge is -1.93. The number of hydrogen-bond donors (Lipinski definition) is 0. The molecular weight excluding hydrogens is 316 g/mol. The quantitative estimate of drug-likeness (QED) is 0.339. The SMILES string of the molecule is CCCCCCBr.CCCCCCCBr. The Morgan fingerprint density at radius 2 is 0.867 bits per heavy atom. The molecule has 0 aromatic rings. The Kier molecular flexibility index (Phi) is 24.9. The van der Waals surface area contributed by atoms with Crippen molar-refractivity contribution in [1.29, 1.82) is 0 Å².